The Morgan fingerprint density at radius 1 is 0.277 bits per heavy atom. The molecule has 0 aliphatic heterocycles. The van der Waals surface area contributed by atoms with Crippen molar-refractivity contribution in [2.24, 2.45) is 0 Å². The van der Waals surface area contributed by atoms with Gasteiger partial charge in [-0.1, -0.05) is 285 Å². The van der Waals surface area contributed by atoms with Crippen LogP contribution in [0.5, 0.6) is 0 Å². The van der Waals surface area contributed by atoms with E-state index in [0.717, 1.165) is 47.0 Å². The predicted molar refractivity (Wildman–Crippen MR) is 391 cm³/mol. The molecular weight excluding hydrogens is 1130 g/mol. The Morgan fingerprint density at radius 2 is 0.723 bits per heavy atom. The van der Waals surface area contributed by atoms with E-state index in [0.29, 0.717) is 0 Å². The van der Waals surface area contributed by atoms with Crippen molar-refractivity contribution in [2.45, 2.75) is 36.0 Å². The van der Waals surface area contributed by atoms with Gasteiger partial charge in [0.1, 0.15) is 0 Å². The fourth-order valence-corrected chi connectivity index (χ4v) is 16.7. The number of rotatable bonds is 14. The quantitative estimate of drug-likeness (QED) is 0.107. The molecule has 1 spiro atoms. The maximum absolute atomic E-state index is 2.66. The number of fused-ring (bicyclic) bond motifs is 14. The molecule has 3 aliphatic carbocycles. The first kappa shape index (κ1) is 55.3. The Balaban J connectivity index is 0.825. The van der Waals surface area contributed by atoms with Crippen LogP contribution < -0.4 is 9.80 Å². The lowest BCUT2D eigenvalue weighted by Crippen LogP contribution is -2.35. The molecule has 3 aliphatic rings. The highest BCUT2D eigenvalue weighted by molar-refractivity contribution is 5.94. The minimum atomic E-state index is -0.647. The van der Waals surface area contributed by atoms with Gasteiger partial charge in [0, 0.05) is 51.9 Å². The van der Waals surface area contributed by atoms with Gasteiger partial charge in [-0.2, -0.15) is 0 Å². The Bertz CT molecular complexity index is 5240. The third-order valence-corrected chi connectivity index (χ3v) is 20.8. The maximum atomic E-state index is 2.66. The Kier molecular flexibility index (Phi) is 13.5. The molecule has 0 bridgehead atoms. The zero-order valence-corrected chi connectivity index (χ0v) is 52.1. The van der Waals surface area contributed by atoms with Crippen LogP contribution >= 0.6 is 0 Å². The van der Waals surface area contributed by atoms with Crippen LogP contribution in [0.3, 0.4) is 0 Å². The third kappa shape index (κ3) is 9.08. The second-order valence-corrected chi connectivity index (χ2v) is 25.7. The summed E-state index contributed by atoms with van der Waals surface area (Å²) in [6.45, 7) is 0. The van der Waals surface area contributed by atoms with Crippen LogP contribution in [0.4, 0.5) is 34.1 Å². The van der Waals surface area contributed by atoms with Gasteiger partial charge in [0.05, 0.1) is 5.41 Å². The van der Waals surface area contributed by atoms with Crippen molar-refractivity contribution >= 4 is 55.7 Å². The van der Waals surface area contributed by atoms with Crippen molar-refractivity contribution in [3.05, 3.63) is 430 Å². The second-order valence-electron chi connectivity index (χ2n) is 25.7. The first-order chi connectivity index (χ1) is 46.6. The van der Waals surface area contributed by atoms with E-state index in [1.54, 1.807) is 0 Å². The van der Waals surface area contributed by atoms with E-state index < -0.39 is 5.41 Å². The van der Waals surface area contributed by atoms with Crippen LogP contribution in [0, 0.1) is 0 Å². The number of anilines is 6. The predicted octanol–water partition coefficient (Wildman–Crippen LogP) is 23.5. The highest BCUT2D eigenvalue weighted by Crippen LogP contribution is 2.66. The maximum Gasteiger partial charge on any atom is 0.0719 e. The lowest BCUT2D eigenvalue weighted by Gasteiger charge is -2.43. The van der Waals surface area contributed by atoms with E-state index >= 15 is 0 Å². The van der Waals surface area contributed by atoms with E-state index in [9.17, 15) is 0 Å². The molecule has 2 heteroatoms. The molecule has 444 valence electrons. The van der Waals surface area contributed by atoms with Crippen LogP contribution in [0.1, 0.15) is 90.1 Å². The minimum absolute atomic E-state index is 0.0148. The van der Waals surface area contributed by atoms with Crippen LogP contribution in [-0.4, -0.2) is 0 Å². The van der Waals surface area contributed by atoms with Crippen molar-refractivity contribution < 1.29 is 0 Å². The van der Waals surface area contributed by atoms with Crippen LogP contribution in [0.2, 0.25) is 0 Å². The summed E-state index contributed by atoms with van der Waals surface area (Å²) in [5.74, 6) is 0.171. The average molecular weight is 1200 g/mol. The van der Waals surface area contributed by atoms with Crippen molar-refractivity contribution in [1.29, 1.82) is 0 Å². The van der Waals surface area contributed by atoms with Crippen molar-refractivity contribution in [2.75, 3.05) is 9.80 Å². The van der Waals surface area contributed by atoms with Gasteiger partial charge in [0.25, 0.3) is 0 Å². The van der Waals surface area contributed by atoms with E-state index in [1.807, 2.05) is 0 Å². The molecule has 0 amide bonds. The smallest absolute Gasteiger partial charge is 0.0719 e. The monoisotopic (exact) mass is 1200 g/mol. The number of benzene rings is 15. The van der Waals surface area contributed by atoms with Gasteiger partial charge in [-0.05, 0) is 202 Å². The normalized spacial score (nSPS) is 15.2. The van der Waals surface area contributed by atoms with Crippen molar-refractivity contribution in [3.63, 3.8) is 0 Å². The molecule has 15 aromatic rings. The van der Waals surface area contributed by atoms with Gasteiger partial charge in [-0.3, -0.25) is 0 Å². The van der Waals surface area contributed by atoms with Crippen molar-refractivity contribution in [1.82, 2.24) is 0 Å². The standard InChI is InChI=1S/C92H66N2/c1-5-29-69(30-6-1)93(70-31-7-2-8-32-70)73-52-47-65(48-53-73)84(60-67-28-21-26-63-24-13-15-37-75(63)67)68-51-57-80-79-56-46-62(59-88(79)92(89(80)61-68)86-44-20-19-41-83(86)90-81-40-18-17-39-78(81)82-43-23-45-87(92)91(82)90)58-85(77-42-22-27-64-25-14-16-38-76(64)77)66-49-54-74(55-50-66)94(71-33-9-3-10-34-71)72-35-11-4-12-36-72/h1-57,59,61,84-85,90H,58,60H2. The zero-order chi connectivity index (χ0) is 62.1. The molecule has 0 saturated carbocycles. The zero-order valence-electron chi connectivity index (χ0n) is 52.1. The van der Waals surface area contributed by atoms with Crippen molar-refractivity contribution in [3.8, 4) is 22.3 Å². The lowest BCUT2D eigenvalue weighted by atomic mass is 9.58. The summed E-state index contributed by atoms with van der Waals surface area (Å²) >= 11 is 0. The Hall–Kier alpha value is -11.6. The summed E-state index contributed by atoms with van der Waals surface area (Å²) in [5.41, 5.74) is 28.9. The molecule has 0 N–H and O–H groups in total. The molecule has 15 aromatic carbocycles. The fourth-order valence-electron chi connectivity index (χ4n) is 16.7. The molecule has 0 heterocycles. The van der Waals surface area contributed by atoms with Gasteiger partial charge >= 0.3 is 0 Å². The summed E-state index contributed by atoms with van der Waals surface area (Å²) in [7, 11) is 0. The number of hydrogen-bond donors (Lipinski definition) is 0. The summed E-state index contributed by atoms with van der Waals surface area (Å²) in [5, 5.41) is 5.10. The summed E-state index contributed by atoms with van der Waals surface area (Å²) in [6.07, 6.45) is 1.63. The average Bonchev–Trinajstić information content (AvgIpc) is 1.48. The van der Waals surface area contributed by atoms with Gasteiger partial charge in [-0.25, -0.2) is 0 Å². The highest BCUT2D eigenvalue weighted by Gasteiger charge is 2.54. The fraction of sp³-hybridized carbons (Fsp3) is 0.0652. The first-order valence-corrected chi connectivity index (χ1v) is 33.2. The minimum Gasteiger partial charge on any atom is -0.311 e. The molecule has 18 rings (SSSR count). The summed E-state index contributed by atoms with van der Waals surface area (Å²) in [4.78, 5) is 4.73. The Morgan fingerprint density at radius 3 is 1.36 bits per heavy atom. The van der Waals surface area contributed by atoms with Gasteiger partial charge in [-0.15, -0.1) is 0 Å². The molecule has 0 aromatic heterocycles. The molecular formula is C92H66N2. The molecule has 0 radical (unpaired) electrons. The Labute approximate surface area is 550 Å². The van der Waals surface area contributed by atoms with E-state index in [-0.39, 0.29) is 17.8 Å². The number of para-hydroxylation sites is 4. The van der Waals surface area contributed by atoms with Crippen LogP contribution in [0.25, 0.3) is 43.8 Å². The lowest BCUT2D eigenvalue weighted by molar-refractivity contribution is 0.698. The molecule has 94 heavy (non-hydrogen) atoms. The first-order valence-electron chi connectivity index (χ1n) is 33.2. The van der Waals surface area contributed by atoms with E-state index in [1.165, 1.54) is 116 Å². The second kappa shape index (κ2) is 23.0. The van der Waals surface area contributed by atoms with Crippen LogP contribution in [0.15, 0.2) is 358 Å². The van der Waals surface area contributed by atoms with E-state index in [2.05, 4.69) is 368 Å². The van der Waals surface area contributed by atoms with Gasteiger partial charge < -0.3 is 9.80 Å². The van der Waals surface area contributed by atoms with Crippen LogP contribution in [-0.2, 0) is 18.3 Å². The molecule has 4 unspecified atom stereocenters. The topological polar surface area (TPSA) is 6.48 Å². The summed E-state index contributed by atoms with van der Waals surface area (Å²) < 4.78 is 0. The SMILES string of the molecule is c1ccc(N(c2ccccc2)c2ccc(C(Cc3cccc4ccccc34)c3ccc4c(c3)C3(c5cc(CC(c6ccc(N(c7ccccc7)c7ccccc7)cc6)c6cccc7ccccc67)ccc5-4)c4ccccc4C4c5ccccc5-c5cccc3c54)cc2)cc1. The van der Waals surface area contributed by atoms with Gasteiger partial charge in [0.2, 0.25) is 0 Å². The molecule has 4 atom stereocenters. The highest BCUT2D eigenvalue weighted by atomic mass is 15.1. The molecule has 2 nitrogen and oxygen atoms in total. The largest absolute Gasteiger partial charge is 0.311 e. The molecule has 0 fully saturated rings. The number of hydrogen-bond acceptors (Lipinski definition) is 2. The van der Waals surface area contributed by atoms with E-state index in [4.69, 9.17) is 0 Å². The molecule has 0 saturated heterocycles. The summed E-state index contributed by atoms with van der Waals surface area (Å²) in [6, 6.07) is 135. The van der Waals surface area contributed by atoms with Gasteiger partial charge in [0.15, 0.2) is 0 Å². The number of nitrogens with zero attached hydrogens (tertiary/aromatic N) is 2. The third-order valence-electron chi connectivity index (χ3n) is 20.8.